The topological polar surface area (TPSA) is 49.3 Å². The number of carbonyl (C=O) groups is 1. The zero-order valence-corrected chi connectivity index (χ0v) is 9.55. The lowest BCUT2D eigenvalue weighted by atomic mass is 9.68. The summed E-state index contributed by atoms with van der Waals surface area (Å²) in [5.41, 5.74) is -0.640. The van der Waals surface area contributed by atoms with Crippen molar-refractivity contribution in [3.05, 3.63) is 0 Å². The minimum atomic E-state index is -0.468. The Bertz CT molecular complexity index is 237. The minimum Gasteiger partial charge on any atom is -0.394 e. The van der Waals surface area contributed by atoms with E-state index in [0.717, 1.165) is 12.8 Å². The molecular weight excluding hydrogens is 178 g/mol. The number of nitrogens with one attached hydrogen (secondary N) is 1. The van der Waals surface area contributed by atoms with E-state index in [2.05, 4.69) is 26.1 Å². The van der Waals surface area contributed by atoms with Crippen LogP contribution in [0.2, 0.25) is 0 Å². The normalized spacial score (nSPS) is 35.8. The van der Waals surface area contributed by atoms with E-state index in [1.807, 2.05) is 6.92 Å². The zero-order valence-electron chi connectivity index (χ0n) is 9.55. The Balaban J connectivity index is 2.95. The monoisotopic (exact) mass is 199 g/mol. The van der Waals surface area contributed by atoms with Gasteiger partial charge in [-0.05, 0) is 13.3 Å². The highest BCUT2D eigenvalue weighted by Crippen LogP contribution is 2.45. The van der Waals surface area contributed by atoms with Crippen LogP contribution in [0, 0.1) is 11.3 Å². The third-order valence-electron chi connectivity index (χ3n) is 3.90. The first-order valence-corrected chi connectivity index (χ1v) is 5.32. The molecule has 3 nitrogen and oxygen atoms in total. The lowest BCUT2D eigenvalue weighted by Gasteiger charge is -2.38. The van der Waals surface area contributed by atoms with Crippen LogP contribution in [0.25, 0.3) is 0 Å². The van der Waals surface area contributed by atoms with E-state index in [1.54, 1.807) is 0 Å². The van der Waals surface area contributed by atoms with Gasteiger partial charge < -0.3 is 10.4 Å². The van der Waals surface area contributed by atoms with Gasteiger partial charge in [0.15, 0.2) is 0 Å². The van der Waals surface area contributed by atoms with Crippen molar-refractivity contribution in [1.29, 1.82) is 0 Å². The molecule has 1 saturated heterocycles. The van der Waals surface area contributed by atoms with Gasteiger partial charge in [0, 0.05) is 11.3 Å². The summed E-state index contributed by atoms with van der Waals surface area (Å²) in [5, 5.41) is 12.3. The van der Waals surface area contributed by atoms with E-state index in [4.69, 9.17) is 0 Å². The Hall–Kier alpha value is -0.570. The summed E-state index contributed by atoms with van der Waals surface area (Å²) in [5.74, 6) is 0.123. The number of hydrogen-bond donors (Lipinski definition) is 2. The summed E-state index contributed by atoms with van der Waals surface area (Å²) in [6.07, 6.45) is 1.90. The van der Waals surface area contributed by atoms with Gasteiger partial charge in [0.2, 0.25) is 5.91 Å². The second-order valence-corrected chi connectivity index (χ2v) is 5.04. The van der Waals surface area contributed by atoms with Crippen molar-refractivity contribution in [2.24, 2.45) is 11.3 Å². The Morgan fingerprint density at radius 3 is 2.36 bits per heavy atom. The smallest absolute Gasteiger partial charge is 0.224 e. The molecule has 1 aliphatic rings. The molecule has 1 amide bonds. The van der Waals surface area contributed by atoms with Crippen molar-refractivity contribution < 1.29 is 9.90 Å². The molecule has 0 unspecified atom stereocenters. The molecule has 1 heterocycles. The average molecular weight is 199 g/mol. The van der Waals surface area contributed by atoms with E-state index in [1.165, 1.54) is 0 Å². The van der Waals surface area contributed by atoms with E-state index < -0.39 is 5.54 Å². The molecular formula is C11H21NO2. The lowest BCUT2D eigenvalue weighted by molar-refractivity contribution is -0.124. The molecule has 0 aromatic heterocycles. The van der Waals surface area contributed by atoms with Gasteiger partial charge in [-0.3, -0.25) is 4.79 Å². The van der Waals surface area contributed by atoms with E-state index >= 15 is 0 Å². The first-order valence-electron chi connectivity index (χ1n) is 5.32. The van der Waals surface area contributed by atoms with Crippen molar-refractivity contribution in [1.82, 2.24) is 5.32 Å². The van der Waals surface area contributed by atoms with Crippen molar-refractivity contribution in [2.75, 3.05) is 6.61 Å². The molecule has 2 atom stereocenters. The predicted molar refractivity (Wildman–Crippen MR) is 55.8 cm³/mol. The summed E-state index contributed by atoms with van der Waals surface area (Å²) in [4.78, 5) is 11.7. The van der Waals surface area contributed by atoms with Gasteiger partial charge in [0.25, 0.3) is 0 Å². The van der Waals surface area contributed by atoms with Gasteiger partial charge in [-0.25, -0.2) is 0 Å². The van der Waals surface area contributed by atoms with Crippen LogP contribution in [0.5, 0.6) is 0 Å². The van der Waals surface area contributed by atoms with Gasteiger partial charge >= 0.3 is 0 Å². The highest BCUT2D eigenvalue weighted by Gasteiger charge is 2.55. The first kappa shape index (κ1) is 11.5. The molecule has 0 spiro atoms. The highest BCUT2D eigenvalue weighted by atomic mass is 16.3. The third-order valence-corrected chi connectivity index (χ3v) is 3.90. The Labute approximate surface area is 85.9 Å². The Morgan fingerprint density at radius 2 is 2.00 bits per heavy atom. The molecule has 1 aliphatic heterocycles. The SMILES string of the molecule is CCC[C@H]1C(=O)N[C@](C)(CO)C1(C)C. The van der Waals surface area contributed by atoms with Crippen molar-refractivity contribution in [3.8, 4) is 0 Å². The molecule has 0 bridgehead atoms. The Kier molecular flexibility index (Phi) is 2.91. The van der Waals surface area contributed by atoms with Crippen LogP contribution in [0.3, 0.4) is 0 Å². The van der Waals surface area contributed by atoms with Gasteiger partial charge in [0.1, 0.15) is 0 Å². The maximum atomic E-state index is 11.7. The van der Waals surface area contributed by atoms with Gasteiger partial charge in [0.05, 0.1) is 12.1 Å². The summed E-state index contributed by atoms with van der Waals surface area (Å²) in [7, 11) is 0. The number of aliphatic hydroxyl groups is 1. The average Bonchev–Trinajstić information content (AvgIpc) is 2.27. The quantitative estimate of drug-likeness (QED) is 0.720. The minimum absolute atomic E-state index is 0.00591. The fourth-order valence-electron chi connectivity index (χ4n) is 2.26. The molecule has 1 fully saturated rings. The van der Waals surface area contributed by atoms with Crippen molar-refractivity contribution in [2.45, 2.75) is 46.1 Å². The molecule has 0 saturated carbocycles. The van der Waals surface area contributed by atoms with Crippen LogP contribution in [0.1, 0.15) is 40.5 Å². The largest absolute Gasteiger partial charge is 0.394 e. The van der Waals surface area contributed by atoms with E-state index in [-0.39, 0.29) is 23.8 Å². The molecule has 0 aliphatic carbocycles. The van der Waals surface area contributed by atoms with Crippen molar-refractivity contribution in [3.63, 3.8) is 0 Å². The summed E-state index contributed by atoms with van der Waals surface area (Å²) < 4.78 is 0. The molecule has 1 rings (SSSR count). The van der Waals surface area contributed by atoms with E-state index in [9.17, 15) is 9.90 Å². The number of rotatable bonds is 3. The number of hydrogen-bond acceptors (Lipinski definition) is 2. The molecule has 82 valence electrons. The van der Waals surface area contributed by atoms with Gasteiger partial charge in [-0.15, -0.1) is 0 Å². The maximum absolute atomic E-state index is 11.7. The summed E-state index contributed by atoms with van der Waals surface area (Å²) >= 11 is 0. The molecule has 2 N–H and O–H groups in total. The fraction of sp³-hybridized carbons (Fsp3) is 0.909. The molecule has 3 heteroatoms. The molecule has 14 heavy (non-hydrogen) atoms. The molecule has 0 aromatic carbocycles. The first-order chi connectivity index (χ1) is 6.39. The number of amides is 1. The Morgan fingerprint density at radius 1 is 1.43 bits per heavy atom. The second-order valence-electron chi connectivity index (χ2n) is 5.04. The summed E-state index contributed by atoms with van der Waals surface area (Å²) in [6.45, 7) is 8.12. The van der Waals surface area contributed by atoms with Crippen LogP contribution >= 0.6 is 0 Å². The van der Waals surface area contributed by atoms with Crippen LogP contribution in [-0.2, 0) is 4.79 Å². The predicted octanol–water partition coefficient (Wildman–Crippen LogP) is 1.31. The number of aliphatic hydroxyl groups excluding tert-OH is 1. The van der Waals surface area contributed by atoms with Crippen LogP contribution in [0.15, 0.2) is 0 Å². The van der Waals surface area contributed by atoms with Crippen molar-refractivity contribution >= 4 is 5.91 Å². The third kappa shape index (κ3) is 1.44. The standard InChI is InChI=1S/C11H21NO2/c1-5-6-8-9(14)12-11(4,7-13)10(8,2)3/h8,13H,5-7H2,1-4H3,(H,12,14)/t8-,11+/m0/s1. The highest BCUT2D eigenvalue weighted by molar-refractivity contribution is 5.83. The molecule has 0 radical (unpaired) electrons. The van der Waals surface area contributed by atoms with Gasteiger partial charge in [-0.1, -0.05) is 27.2 Å². The van der Waals surface area contributed by atoms with Gasteiger partial charge in [-0.2, -0.15) is 0 Å². The zero-order chi connectivity index (χ0) is 11.0. The lowest BCUT2D eigenvalue weighted by Crippen LogP contribution is -2.51. The fourth-order valence-corrected chi connectivity index (χ4v) is 2.26. The number of carbonyl (C=O) groups excluding carboxylic acids is 1. The van der Waals surface area contributed by atoms with E-state index in [0.29, 0.717) is 0 Å². The van der Waals surface area contributed by atoms with Crippen LogP contribution in [-0.4, -0.2) is 23.2 Å². The van der Waals surface area contributed by atoms with Crippen LogP contribution < -0.4 is 5.32 Å². The molecule has 0 aromatic rings. The second kappa shape index (κ2) is 3.54. The van der Waals surface area contributed by atoms with Crippen LogP contribution in [0.4, 0.5) is 0 Å². The maximum Gasteiger partial charge on any atom is 0.224 e. The summed E-state index contributed by atoms with van der Waals surface area (Å²) in [6, 6.07) is 0.